The molecule has 1 amide bonds. The van der Waals surface area contributed by atoms with E-state index in [4.69, 9.17) is 9.15 Å². The van der Waals surface area contributed by atoms with Crippen molar-refractivity contribution in [2.75, 3.05) is 13.2 Å². The molecule has 31 heavy (non-hydrogen) atoms. The molecule has 158 valence electrons. The number of carbonyl (C=O) groups excluding carboxylic acids is 1. The SMILES string of the molecule is Cc1cc(C(=O)NCCOc2ccccc2-c2ccccc2)c(C)n1Cc1ccco1. The Morgan fingerprint density at radius 2 is 1.77 bits per heavy atom. The van der Waals surface area contributed by atoms with Crippen molar-refractivity contribution in [3.05, 3.63) is 102 Å². The summed E-state index contributed by atoms with van der Waals surface area (Å²) >= 11 is 0. The Balaban J connectivity index is 1.36. The number of aromatic nitrogens is 1. The average molecular weight is 415 g/mol. The second-order valence-corrected chi connectivity index (χ2v) is 7.42. The van der Waals surface area contributed by atoms with Crippen LogP contribution in [0.2, 0.25) is 0 Å². The Labute approximate surface area is 182 Å². The number of aryl methyl sites for hydroxylation is 1. The molecule has 0 aliphatic rings. The molecule has 0 fully saturated rings. The van der Waals surface area contributed by atoms with E-state index in [1.165, 1.54) is 0 Å². The lowest BCUT2D eigenvalue weighted by Gasteiger charge is -2.12. The van der Waals surface area contributed by atoms with Gasteiger partial charge in [0.1, 0.15) is 18.1 Å². The van der Waals surface area contributed by atoms with Gasteiger partial charge in [-0.25, -0.2) is 0 Å². The Bertz CT molecular complexity index is 1140. The standard InChI is InChI=1S/C26H26N2O3/c1-19-17-24(20(2)28(19)18-22-11-8-15-30-22)26(29)27-14-16-31-25-13-7-6-12-23(25)21-9-4-3-5-10-21/h3-13,15,17H,14,16,18H2,1-2H3,(H,27,29). The molecule has 1 N–H and O–H groups in total. The molecule has 0 aliphatic heterocycles. The average Bonchev–Trinajstić information content (AvgIpc) is 3.41. The Kier molecular flexibility index (Phi) is 6.22. The van der Waals surface area contributed by atoms with Gasteiger partial charge in [0.2, 0.25) is 0 Å². The largest absolute Gasteiger partial charge is 0.491 e. The summed E-state index contributed by atoms with van der Waals surface area (Å²) in [6.45, 7) is 5.37. The van der Waals surface area contributed by atoms with Crippen LogP contribution in [-0.4, -0.2) is 23.6 Å². The fraction of sp³-hybridized carbons (Fsp3) is 0.192. The van der Waals surface area contributed by atoms with Gasteiger partial charge in [0.15, 0.2) is 0 Å². The second kappa shape index (κ2) is 9.39. The summed E-state index contributed by atoms with van der Waals surface area (Å²) in [5, 5.41) is 2.97. The fourth-order valence-corrected chi connectivity index (χ4v) is 3.70. The highest BCUT2D eigenvalue weighted by atomic mass is 16.5. The number of benzene rings is 2. The number of ether oxygens (including phenoxy) is 1. The van der Waals surface area contributed by atoms with Gasteiger partial charge in [0.05, 0.1) is 24.9 Å². The van der Waals surface area contributed by atoms with Crippen LogP contribution in [0.15, 0.2) is 83.5 Å². The molecule has 2 heterocycles. The molecule has 0 spiro atoms. The topological polar surface area (TPSA) is 56.4 Å². The van der Waals surface area contributed by atoms with Crippen LogP contribution in [0.3, 0.4) is 0 Å². The molecular weight excluding hydrogens is 388 g/mol. The molecule has 0 saturated carbocycles. The van der Waals surface area contributed by atoms with Gasteiger partial charge in [-0.05, 0) is 43.7 Å². The Morgan fingerprint density at radius 3 is 2.55 bits per heavy atom. The van der Waals surface area contributed by atoms with E-state index < -0.39 is 0 Å². The molecule has 2 aromatic heterocycles. The van der Waals surface area contributed by atoms with Crippen LogP contribution in [0, 0.1) is 13.8 Å². The molecule has 2 aromatic carbocycles. The van der Waals surface area contributed by atoms with Crippen LogP contribution in [0.4, 0.5) is 0 Å². The summed E-state index contributed by atoms with van der Waals surface area (Å²) < 4.78 is 13.5. The number of carbonyl (C=O) groups is 1. The third kappa shape index (κ3) is 4.72. The maximum Gasteiger partial charge on any atom is 0.253 e. The molecule has 0 radical (unpaired) electrons. The normalized spacial score (nSPS) is 10.8. The minimum absolute atomic E-state index is 0.0984. The summed E-state index contributed by atoms with van der Waals surface area (Å²) in [6, 6.07) is 23.8. The molecule has 4 rings (SSSR count). The van der Waals surface area contributed by atoms with Crippen molar-refractivity contribution in [2.45, 2.75) is 20.4 Å². The summed E-state index contributed by atoms with van der Waals surface area (Å²) in [4.78, 5) is 12.7. The molecule has 5 nitrogen and oxygen atoms in total. The number of rotatable bonds is 8. The lowest BCUT2D eigenvalue weighted by atomic mass is 10.1. The van der Waals surface area contributed by atoms with Gasteiger partial charge in [-0.1, -0.05) is 48.5 Å². The number of hydrogen-bond acceptors (Lipinski definition) is 3. The zero-order valence-corrected chi connectivity index (χ0v) is 17.8. The summed E-state index contributed by atoms with van der Waals surface area (Å²) in [6.07, 6.45) is 1.66. The van der Waals surface area contributed by atoms with Gasteiger partial charge in [-0.2, -0.15) is 0 Å². The predicted octanol–water partition coefficient (Wildman–Crippen LogP) is 5.22. The van der Waals surface area contributed by atoms with Gasteiger partial charge in [0, 0.05) is 17.0 Å². The number of nitrogens with one attached hydrogen (secondary N) is 1. The summed E-state index contributed by atoms with van der Waals surface area (Å²) in [5.41, 5.74) is 4.75. The monoisotopic (exact) mass is 414 g/mol. The van der Waals surface area contributed by atoms with Crippen LogP contribution in [0.25, 0.3) is 11.1 Å². The second-order valence-electron chi connectivity index (χ2n) is 7.42. The van der Waals surface area contributed by atoms with Crippen LogP contribution < -0.4 is 10.1 Å². The number of para-hydroxylation sites is 1. The Hall–Kier alpha value is -3.73. The fourth-order valence-electron chi connectivity index (χ4n) is 3.70. The number of nitrogens with zero attached hydrogens (tertiary/aromatic N) is 1. The van der Waals surface area contributed by atoms with Crippen LogP contribution in [0.1, 0.15) is 27.5 Å². The molecular formula is C26H26N2O3. The molecule has 0 unspecified atom stereocenters. The maximum atomic E-state index is 12.7. The first-order valence-electron chi connectivity index (χ1n) is 10.4. The van der Waals surface area contributed by atoms with E-state index in [0.717, 1.165) is 34.0 Å². The Morgan fingerprint density at radius 1 is 1.00 bits per heavy atom. The molecule has 0 bridgehead atoms. The molecule has 0 atom stereocenters. The lowest BCUT2D eigenvalue weighted by molar-refractivity contribution is 0.0946. The van der Waals surface area contributed by atoms with Crippen LogP contribution in [0.5, 0.6) is 5.75 Å². The first kappa shape index (κ1) is 20.5. The molecule has 0 saturated heterocycles. The first-order chi connectivity index (χ1) is 15.1. The highest BCUT2D eigenvalue weighted by Gasteiger charge is 2.16. The van der Waals surface area contributed by atoms with E-state index in [2.05, 4.69) is 22.0 Å². The molecule has 0 aliphatic carbocycles. The quantitative estimate of drug-likeness (QED) is 0.402. The van der Waals surface area contributed by atoms with Crippen molar-refractivity contribution in [2.24, 2.45) is 0 Å². The van der Waals surface area contributed by atoms with Crippen LogP contribution >= 0.6 is 0 Å². The van der Waals surface area contributed by atoms with Gasteiger partial charge in [0.25, 0.3) is 5.91 Å². The van der Waals surface area contributed by atoms with Crippen molar-refractivity contribution >= 4 is 5.91 Å². The minimum Gasteiger partial charge on any atom is -0.491 e. The van der Waals surface area contributed by atoms with Crippen molar-refractivity contribution in [3.63, 3.8) is 0 Å². The number of amides is 1. The van der Waals surface area contributed by atoms with E-state index in [-0.39, 0.29) is 5.91 Å². The smallest absolute Gasteiger partial charge is 0.253 e. The van der Waals surface area contributed by atoms with Crippen molar-refractivity contribution < 1.29 is 13.9 Å². The summed E-state index contributed by atoms with van der Waals surface area (Å²) in [7, 11) is 0. The van der Waals surface area contributed by atoms with Crippen molar-refractivity contribution in [1.82, 2.24) is 9.88 Å². The van der Waals surface area contributed by atoms with Crippen LogP contribution in [-0.2, 0) is 6.54 Å². The maximum absolute atomic E-state index is 12.7. The minimum atomic E-state index is -0.0984. The highest BCUT2D eigenvalue weighted by molar-refractivity contribution is 5.95. The van der Waals surface area contributed by atoms with Crippen molar-refractivity contribution in [3.8, 4) is 16.9 Å². The lowest BCUT2D eigenvalue weighted by Crippen LogP contribution is -2.28. The van der Waals surface area contributed by atoms with E-state index in [1.807, 2.05) is 74.5 Å². The number of furan rings is 1. The highest BCUT2D eigenvalue weighted by Crippen LogP contribution is 2.29. The van der Waals surface area contributed by atoms with E-state index in [1.54, 1.807) is 6.26 Å². The zero-order chi connectivity index (χ0) is 21.6. The van der Waals surface area contributed by atoms with E-state index in [0.29, 0.717) is 25.3 Å². The summed E-state index contributed by atoms with van der Waals surface area (Å²) in [5.74, 6) is 1.57. The van der Waals surface area contributed by atoms with Gasteiger partial charge >= 0.3 is 0 Å². The molecule has 5 heteroatoms. The van der Waals surface area contributed by atoms with Gasteiger partial charge in [-0.3, -0.25) is 4.79 Å². The van der Waals surface area contributed by atoms with Gasteiger partial charge in [-0.15, -0.1) is 0 Å². The van der Waals surface area contributed by atoms with E-state index in [9.17, 15) is 4.79 Å². The van der Waals surface area contributed by atoms with Gasteiger partial charge < -0.3 is 19.0 Å². The van der Waals surface area contributed by atoms with Crippen molar-refractivity contribution in [1.29, 1.82) is 0 Å². The third-order valence-electron chi connectivity index (χ3n) is 5.33. The molecule has 4 aromatic rings. The number of hydrogen-bond donors (Lipinski definition) is 1. The zero-order valence-electron chi connectivity index (χ0n) is 17.8. The predicted molar refractivity (Wildman–Crippen MR) is 121 cm³/mol. The third-order valence-corrected chi connectivity index (χ3v) is 5.33. The first-order valence-corrected chi connectivity index (χ1v) is 10.4. The van der Waals surface area contributed by atoms with E-state index >= 15 is 0 Å².